The number of hydrogen-bond acceptors (Lipinski definition) is 3. The van der Waals surface area contributed by atoms with E-state index in [1.807, 2.05) is 0 Å². The summed E-state index contributed by atoms with van der Waals surface area (Å²) >= 11 is 11.1. The number of carbonyl (C=O) groups is 2. The van der Waals surface area contributed by atoms with Gasteiger partial charge in [0.05, 0.1) is 12.3 Å². The number of amides is 2. The summed E-state index contributed by atoms with van der Waals surface area (Å²) in [5, 5.41) is 0.377. The molecule has 0 radical (unpaired) electrons. The van der Waals surface area contributed by atoms with Crippen LogP contribution >= 0.6 is 23.2 Å². The molecule has 0 unspecified atom stereocenters. The molecule has 7 heteroatoms. The number of nitrogens with one attached hydrogen (secondary N) is 1. The molecule has 0 fully saturated rings. The third-order valence-corrected chi connectivity index (χ3v) is 2.12. The summed E-state index contributed by atoms with van der Waals surface area (Å²) in [7, 11) is 0. The SMILES string of the molecule is CCOC(=O)NN(C(=O)Cl)c1cccc(Cl)c1. The minimum absolute atomic E-state index is 0.186. The van der Waals surface area contributed by atoms with E-state index in [-0.39, 0.29) is 6.61 Å². The van der Waals surface area contributed by atoms with Gasteiger partial charge in [-0.2, -0.15) is 0 Å². The average molecular weight is 277 g/mol. The van der Waals surface area contributed by atoms with Crippen molar-refractivity contribution in [2.45, 2.75) is 6.92 Å². The molecule has 1 aromatic rings. The fourth-order valence-electron chi connectivity index (χ4n) is 1.08. The number of halogens is 2. The molecule has 0 aliphatic rings. The van der Waals surface area contributed by atoms with Crippen molar-refractivity contribution in [1.29, 1.82) is 0 Å². The lowest BCUT2D eigenvalue weighted by Gasteiger charge is -2.19. The summed E-state index contributed by atoms with van der Waals surface area (Å²) in [6.07, 6.45) is -0.776. The lowest BCUT2D eigenvalue weighted by atomic mass is 10.3. The van der Waals surface area contributed by atoms with Crippen molar-refractivity contribution < 1.29 is 14.3 Å². The van der Waals surface area contributed by atoms with Gasteiger partial charge in [-0.3, -0.25) is 4.79 Å². The number of rotatable bonds is 2. The van der Waals surface area contributed by atoms with Crippen LogP contribution in [0.1, 0.15) is 6.92 Å². The van der Waals surface area contributed by atoms with Gasteiger partial charge in [0, 0.05) is 5.02 Å². The maximum absolute atomic E-state index is 11.2. The van der Waals surface area contributed by atoms with Crippen molar-refractivity contribution in [1.82, 2.24) is 5.43 Å². The van der Waals surface area contributed by atoms with Crippen LogP contribution in [0.3, 0.4) is 0 Å². The van der Waals surface area contributed by atoms with E-state index in [1.54, 1.807) is 25.1 Å². The molecule has 0 aromatic heterocycles. The van der Waals surface area contributed by atoms with E-state index < -0.39 is 11.5 Å². The average Bonchev–Trinajstić information content (AvgIpc) is 2.26. The molecule has 0 aliphatic carbocycles. The van der Waals surface area contributed by atoms with E-state index in [0.29, 0.717) is 10.7 Å². The zero-order valence-corrected chi connectivity index (χ0v) is 10.5. The van der Waals surface area contributed by atoms with Gasteiger partial charge >= 0.3 is 11.5 Å². The molecule has 1 rings (SSSR count). The minimum Gasteiger partial charge on any atom is -0.449 e. The predicted octanol–water partition coefficient (Wildman–Crippen LogP) is 3.17. The lowest BCUT2D eigenvalue weighted by Crippen LogP contribution is -2.44. The Morgan fingerprint density at radius 1 is 1.47 bits per heavy atom. The first-order valence-corrected chi connectivity index (χ1v) is 5.48. The van der Waals surface area contributed by atoms with Gasteiger partial charge in [0.15, 0.2) is 0 Å². The van der Waals surface area contributed by atoms with Crippen molar-refractivity contribution in [2.75, 3.05) is 11.6 Å². The van der Waals surface area contributed by atoms with Gasteiger partial charge in [0.25, 0.3) is 0 Å². The molecule has 0 aliphatic heterocycles. The zero-order valence-electron chi connectivity index (χ0n) is 8.94. The van der Waals surface area contributed by atoms with Crippen molar-refractivity contribution in [3.8, 4) is 0 Å². The first-order valence-electron chi connectivity index (χ1n) is 4.73. The number of benzene rings is 1. The molecule has 0 spiro atoms. The molecule has 92 valence electrons. The highest BCUT2D eigenvalue weighted by atomic mass is 35.5. The van der Waals surface area contributed by atoms with E-state index in [4.69, 9.17) is 23.2 Å². The first kappa shape index (κ1) is 13.6. The van der Waals surface area contributed by atoms with Gasteiger partial charge < -0.3 is 4.74 Å². The van der Waals surface area contributed by atoms with E-state index in [9.17, 15) is 9.59 Å². The Kier molecular flexibility index (Phi) is 5.06. The summed E-state index contributed by atoms with van der Waals surface area (Å²) in [5.74, 6) is 0. The van der Waals surface area contributed by atoms with Crippen LogP contribution in [0.5, 0.6) is 0 Å². The number of ether oxygens (including phenoxy) is 1. The molecule has 1 N–H and O–H groups in total. The van der Waals surface area contributed by atoms with Crippen molar-refractivity contribution in [3.05, 3.63) is 29.3 Å². The highest BCUT2D eigenvalue weighted by molar-refractivity contribution is 6.66. The van der Waals surface area contributed by atoms with Gasteiger partial charge in [-0.05, 0) is 36.7 Å². The molecule has 0 atom stereocenters. The predicted molar refractivity (Wildman–Crippen MR) is 65.3 cm³/mol. The number of anilines is 1. The molecule has 2 amide bonds. The van der Waals surface area contributed by atoms with Crippen LogP contribution < -0.4 is 10.4 Å². The molecular weight excluding hydrogens is 267 g/mol. The molecule has 5 nitrogen and oxygen atoms in total. The van der Waals surface area contributed by atoms with E-state index in [0.717, 1.165) is 5.01 Å². The summed E-state index contributed by atoms with van der Waals surface area (Å²) in [6.45, 7) is 1.83. The molecular formula is C10H10Cl2N2O3. The van der Waals surface area contributed by atoms with Crippen molar-refractivity contribution >= 4 is 40.3 Å². The number of hydrogen-bond donors (Lipinski definition) is 1. The normalized spacial score (nSPS) is 9.59. The monoisotopic (exact) mass is 276 g/mol. The second-order valence-corrected chi connectivity index (χ2v) is 3.66. The summed E-state index contributed by atoms with van der Waals surface area (Å²) < 4.78 is 4.64. The van der Waals surface area contributed by atoms with Crippen LogP contribution in [0.15, 0.2) is 24.3 Å². The van der Waals surface area contributed by atoms with Crippen LogP contribution in [-0.4, -0.2) is 18.1 Å². The van der Waals surface area contributed by atoms with E-state index in [1.165, 1.54) is 6.07 Å². The fourth-order valence-corrected chi connectivity index (χ4v) is 1.40. The van der Waals surface area contributed by atoms with Crippen LogP contribution in [0, 0.1) is 0 Å². The van der Waals surface area contributed by atoms with Crippen LogP contribution in [0.4, 0.5) is 15.3 Å². The Hall–Kier alpha value is -1.46. The van der Waals surface area contributed by atoms with Gasteiger partial charge in [-0.25, -0.2) is 15.2 Å². The Labute approximate surface area is 108 Å². The Morgan fingerprint density at radius 3 is 2.71 bits per heavy atom. The Morgan fingerprint density at radius 2 is 2.18 bits per heavy atom. The van der Waals surface area contributed by atoms with E-state index in [2.05, 4.69) is 10.2 Å². The Bertz CT molecular complexity index is 426. The number of hydrazine groups is 1. The molecule has 0 bridgehead atoms. The third kappa shape index (κ3) is 4.13. The van der Waals surface area contributed by atoms with Crippen molar-refractivity contribution in [3.63, 3.8) is 0 Å². The van der Waals surface area contributed by atoms with E-state index >= 15 is 0 Å². The topological polar surface area (TPSA) is 58.6 Å². The summed E-state index contributed by atoms with van der Waals surface area (Å²) in [4.78, 5) is 22.4. The highest BCUT2D eigenvalue weighted by Crippen LogP contribution is 2.19. The summed E-state index contributed by atoms with van der Waals surface area (Å²) in [6, 6.07) is 6.30. The standard InChI is InChI=1S/C10H10Cl2N2O3/c1-2-17-10(16)13-14(9(12)15)8-5-3-4-7(11)6-8/h3-6H,2H2,1H3,(H,13,16). The molecule has 0 heterocycles. The van der Waals surface area contributed by atoms with Crippen LogP contribution in [0.25, 0.3) is 0 Å². The van der Waals surface area contributed by atoms with Gasteiger partial charge in [0.2, 0.25) is 0 Å². The third-order valence-electron chi connectivity index (χ3n) is 1.72. The fraction of sp³-hybridized carbons (Fsp3) is 0.200. The molecule has 1 aromatic carbocycles. The Balaban J connectivity index is 2.86. The van der Waals surface area contributed by atoms with Crippen molar-refractivity contribution in [2.24, 2.45) is 0 Å². The number of nitrogens with zero attached hydrogens (tertiary/aromatic N) is 1. The largest absolute Gasteiger partial charge is 0.449 e. The highest BCUT2D eigenvalue weighted by Gasteiger charge is 2.17. The first-order chi connectivity index (χ1) is 8.04. The maximum atomic E-state index is 11.2. The van der Waals surface area contributed by atoms with Gasteiger partial charge in [-0.1, -0.05) is 17.7 Å². The smallest absolute Gasteiger partial charge is 0.426 e. The van der Waals surface area contributed by atoms with Crippen LogP contribution in [0.2, 0.25) is 5.02 Å². The lowest BCUT2D eigenvalue weighted by molar-refractivity contribution is 0.151. The second kappa shape index (κ2) is 6.32. The maximum Gasteiger partial charge on any atom is 0.426 e. The zero-order chi connectivity index (χ0) is 12.8. The van der Waals surface area contributed by atoms with Gasteiger partial charge in [-0.15, -0.1) is 0 Å². The number of carbonyl (C=O) groups excluding carboxylic acids is 2. The van der Waals surface area contributed by atoms with Crippen LogP contribution in [-0.2, 0) is 4.74 Å². The molecule has 0 saturated heterocycles. The second-order valence-electron chi connectivity index (χ2n) is 2.90. The minimum atomic E-state index is -0.875. The van der Waals surface area contributed by atoms with Gasteiger partial charge in [0.1, 0.15) is 0 Å². The molecule has 0 saturated carbocycles. The molecule has 17 heavy (non-hydrogen) atoms. The quantitative estimate of drug-likeness (QED) is 0.513. The summed E-state index contributed by atoms with van der Waals surface area (Å²) in [5.41, 5.74) is 2.53.